The zero-order chi connectivity index (χ0) is 13.9. The molecule has 1 atom stereocenters. The Morgan fingerprint density at radius 1 is 1.17 bits per heavy atom. The Bertz CT molecular complexity index is 406. The number of aliphatic carboxylic acids is 1. The Morgan fingerprint density at radius 2 is 1.67 bits per heavy atom. The van der Waals surface area contributed by atoms with E-state index in [2.05, 4.69) is 50.8 Å². The first kappa shape index (κ1) is 14.6. The molecule has 0 aliphatic heterocycles. The van der Waals surface area contributed by atoms with Gasteiger partial charge >= 0.3 is 5.97 Å². The molecule has 0 fully saturated rings. The fourth-order valence-corrected chi connectivity index (χ4v) is 2.10. The molecule has 0 bridgehead atoms. The highest BCUT2D eigenvalue weighted by molar-refractivity contribution is 5.70. The van der Waals surface area contributed by atoms with Gasteiger partial charge in [-0.2, -0.15) is 0 Å². The van der Waals surface area contributed by atoms with Crippen LogP contribution in [0.5, 0.6) is 0 Å². The highest BCUT2D eigenvalue weighted by Gasteiger charge is 2.19. The predicted octanol–water partition coefficient (Wildman–Crippen LogP) is 3.24. The van der Waals surface area contributed by atoms with Crippen molar-refractivity contribution in [1.29, 1.82) is 0 Å². The number of carboxylic acids is 1. The lowest BCUT2D eigenvalue weighted by atomic mass is 10.1. The summed E-state index contributed by atoms with van der Waals surface area (Å²) >= 11 is 0. The highest BCUT2D eigenvalue weighted by atomic mass is 16.4. The molecule has 0 spiro atoms. The molecule has 0 radical (unpaired) electrons. The fraction of sp³-hybridized carbons (Fsp3) is 0.533. The number of carbonyl (C=O) groups is 1. The number of hydrogen-bond donors (Lipinski definition) is 1. The van der Waals surface area contributed by atoms with Crippen molar-refractivity contribution < 1.29 is 9.90 Å². The fourth-order valence-electron chi connectivity index (χ4n) is 2.10. The first-order valence-electron chi connectivity index (χ1n) is 6.39. The van der Waals surface area contributed by atoms with Gasteiger partial charge in [-0.1, -0.05) is 13.0 Å². The quantitative estimate of drug-likeness (QED) is 0.871. The van der Waals surface area contributed by atoms with Gasteiger partial charge in [-0.15, -0.1) is 0 Å². The molecule has 0 amide bonds. The molecule has 0 aliphatic carbocycles. The third-order valence-electron chi connectivity index (χ3n) is 3.05. The molecule has 0 aliphatic rings. The summed E-state index contributed by atoms with van der Waals surface area (Å²) < 4.78 is 0. The number of aryl methyl sites for hydroxylation is 2. The van der Waals surface area contributed by atoms with E-state index in [1.807, 2.05) is 0 Å². The van der Waals surface area contributed by atoms with E-state index < -0.39 is 5.97 Å². The molecule has 1 rings (SSSR count). The van der Waals surface area contributed by atoms with Gasteiger partial charge in [0.25, 0.3) is 0 Å². The molecular formula is C15H23NO2. The van der Waals surface area contributed by atoms with Gasteiger partial charge in [0.1, 0.15) is 0 Å². The highest BCUT2D eigenvalue weighted by Crippen LogP contribution is 2.22. The Kier molecular flexibility index (Phi) is 4.76. The molecule has 1 aromatic carbocycles. The average molecular weight is 249 g/mol. The minimum absolute atomic E-state index is 0.285. The smallest absolute Gasteiger partial charge is 0.308 e. The van der Waals surface area contributed by atoms with Crippen LogP contribution in [-0.2, 0) is 4.79 Å². The summed E-state index contributed by atoms with van der Waals surface area (Å²) in [6.45, 7) is 10.6. The zero-order valence-corrected chi connectivity index (χ0v) is 11.9. The van der Waals surface area contributed by atoms with Crippen LogP contribution in [0.15, 0.2) is 18.2 Å². The molecule has 100 valence electrons. The van der Waals surface area contributed by atoms with Crippen LogP contribution in [0, 0.1) is 19.8 Å². The third kappa shape index (κ3) is 3.76. The van der Waals surface area contributed by atoms with E-state index in [9.17, 15) is 4.79 Å². The van der Waals surface area contributed by atoms with Crippen LogP contribution in [-0.4, -0.2) is 23.7 Å². The van der Waals surface area contributed by atoms with Gasteiger partial charge in [-0.05, 0) is 51.0 Å². The van der Waals surface area contributed by atoms with Gasteiger partial charge in [-0.25, -0.2) is 0 Å². The summed E-state index contributed by atoms with van der Waals surface area (Å²) in [5, 5.41) is 9.04. The minimum atomic E-state index is -0.745. The summed E-state index contributed by atoms with van der Waals surface area (Å²) in [6.07, 6.45) is 0. The largest absolute Gasteiger partial charge is 0.481 e. The Labute approximate surface area is 109 Å². The van der Waals surface area contributed by atoms with Crippen molar-refractivity contribution in [2.24, 2.45) is 5.92 Å². The summed E-state index contributed by atoms with van der Waals surface area (Å²) in [5.74, 6) is -1.11. The Hall–Kier alpha value is -1.51. The molecule has 0 heterocycles. The van der Waals surface area contributed by atoms with Crippen LogP contribution in [0.25, 0.3) is 0 Å². The Balaban J connectivity index is 3.01. The second-order valence-corrected chi connectivity index (χ2v) is 5.33. The number of hydrogen-bond acceptors (Lipinski definition) is 2. The average Bonchev–Trinajstić information content (AvgIpc) is 2.23. The normalized spacial score (nSPS) is 12.6. The number of nitrogens with zero attached hydrogens (tertiary/aromatic N) is 1. The number of anilines is 1. The minimum Gasteiger partial charge on any atom is -0.481 e. The Morgan fingerprint density at radius 3 is 2.06 bits per heavy atom. The zero-order valence-electron chi connectivity index (χ0n) is 11.9. The van der Waals surface area contributed by atoms with Crippen LogP contribution in [0.1, 0.15) is 31.9 Å². The number of carboxylic acid groups (broad SMARTS) is 1. The van der Waals surface area contributed by atoms with Crippen LogP contribution in [0.3, 0.4) is 0 Å². The van der Waals surface area contributed by atoms with E-state index in [0.29, 0.717) is 6.54 Å². The van der Waals surface area contributed by atoms with Gasteiger partial charge in [-0.3, -0.25) is 4.79 Å². The number of rotatable bonds is 5. The molecule has 1 aromatic rings. The van der Waals surface area contributed by atoms with Crippen molar-refractivity contribution >= 4 is 11.7 Å². The summed E-state index contributed by atoms with van der Waals surface area (Å²) in [5.41, 5.74) is 3.52. The van der Waals surface area contributed by atoms with Crippen molar-refractivity contribution in [3.05, 3.63) is 29.3 Å². The van der Waals surface area contributed by atoms with E-state index in [-0.39, 0.29) is 12.0 Å². The SMILES string of the molecule is Cc1cc(C)cc(N(CC(C)C(=O)O)C(C)C)c1. The third-order valence-corrected chi connectivity index (χ3v) is 3.05. The maximum Gasteiger partial charge on any atom is 0.308 e. The maximum absolute atomic E-state index is 11.0. The molecule has 1 unspecified atom stereocenters. The lowest BCUT2D eigenvalue weighted by molar-refractivity contribution is -0.140. The molecule has 3 heteroatoms. The summed E-state index contributed by atoms with van der Waals surface area (Å²) in [6, 6.07) is 6.64. The first-order chi connectivity index (χ1) is 8.31. The predicted molar refractivity (Wildman–Crippen MR) is 75.2 cm³/mol. The molecule has 3 nitrogen and oxygen atoms in total. The van der Waals surface area contributed by atoms with Gasteiger partial charge in [0, 0.05) is 18.3 Å². The second-order valence-electron chi connectivity index (χ2n) is 5.33. The lowest BCUT2D eigenvalue weighted by Crippen LogP contribution is -2.37. The van der Waals surface area contributed by atoms with E-state index in [1.165, 1.54) is 11.1 Å². The molecule has 0 saturated heterocycles. The van der Waals surface area contributed by atoms with Crippen molar-refractivity contribution in [3.8, 4) is 0 Å². The standard InChI is InChI=1S/C15H23NO2/c1-10(2)16(9-13(5)15(17)18)14-7-11(3)6-12(4)8-14/h6-8,10,13H,9H2,1-5H3,(H,17,18). The van der Waals surface area contributed by atoms with E-state index in [0.717, 1.165) is 5.69 Å². The topological polar surface area (TPSA) is 40.5 Å². The van der Waals surface area contributed by atoms with Gasteiger partial charge in [0.15, 0.2) is 0 Å². The van der Waals surface area contributed by atoms with Gasteiger partial charge < -0.3 is 10.0 Å². The van der Waals surface area contributed by atoms with E-state index in [4.69, 9.17) is 5.11 Å². The van der Waals surface area contributed by atoms with E-state index >= 15 is 0 Å². The molecule has 0 aromatic heterocycles. The van der Waals surface area contributed by atoms with E-state index in [1.54, 1.807) is 6.92 Å². The van der Waals surface area contributed by atoms with Gasteiger partial charge in [0.2, 0.25) is 0 Å². The number of benzene rings is 1. The lowest BCUT2D eigenvalue weighted by Gasteiger charge is -2.31. The van der Waals surface area contributed by atoms with Crippen LogP contribution < -0.4 is 4.90 Å². The van der Waals surface area contributed by atoms with Crippen LogP contribution in [0.4, 0.5) is 5.69 Å². The maximum atomic E-state index is 11.0. The van der Waals surface area contributed by atoms with Crippen molar-refractivity contribution in [2.45, 2.75) is 40.7 Å². The molecule has 1 N–H and O–H groups in total. The van der Waals surface area contributed by atoms with Crippen LogP contribution >= 0.6 is 0 Å². The van der Waals surface area contributed by atoms with Crippen molar-refractivity contribution in [2.75, 3.05) is 11.4 Å². The summed E-state index contributed by atoms with van der Waals surface area (Å²) in [7, 11) is 0. The van der Waals surface area contributed by atoms with Crippen LogP contribution in [0.2, 0.25) is 0 Å². The van der Waals surface area contributed by atoms with Crippen molar-refractivity contribution in [3.63, 3.8) is 0 Å². The second kappa shape index (κ2) is 5.89. The molecule has 0 saturated carbocycles. The molecule has 18 heavy (non-hydrogen) atoms. The monoisotopic (exact) mass is 249 g/mol. The summed E-state index contributed by atoms with van der Waals surface area (Å²) in [4.78, 5) is 13.1. The molecular weight excluding hydrogens is 226 g/mol. The first-order valence-corrected chi connectivity index (χ1v) is 6.39. The van der Waals surface area contributed by atoms with Crippen molar-refractivity contribution in [1.82, 2.24) is 0 Å². The van der Waals surface area contributed by atoms with Gasteiger partial charge in [0.05, 0.1) is 5.92 Å².